The lowest BCUT2D eigenvalue weighted by Gasteiger charge is -2.33. The number of sulfonamides is 1. The average Bonchev–Trinajstić information content (AvgIpc) is 2.93. The third kappa shape index (κ3) is 10.3. The predicted octanol–water partition coefficient (Wildman–Crippen LogP) is 6.71. The molecule has 7 nitrogen and oxygen atoms in total. The molecule has 0 spiro atoms. The molecule has 0 saturated heterocycles. The average molecular weight is 647 g/mol. The van der Waals surface area contributed by atoms with Crippen LogP contribution >= 0.6 is 23.2 Å². The first-order chi connectivity index (χ1) is 20.3. The van der Waals surface area contributed by atoms with E-state index in [4.69, 9.17) is 23.2 Å². The van der Waals surface area contributed by atoms with E-state index in [0.29, 0.717) is 22.2 Å². The normalized spacial score (nSPS) is 12.8. The Kier molecular flexibility index (Phi) is 12.5. The number of nitrogens with zero attached hydrogens (tertiary/aromatic N) is 2. The van der Waals surface area contributed by atoms with Gasteiger partial charge in [-0.3, -0.25) is 13.9 Å². The van der Waals surface area contributed by atoms with Crippen LogP contribution in [0.25, 0.3) is 0 Å². The summed E-state index contributed by atoms with van der Waals surface area (Å²) in [7, 11) is -3.60. The van der Waals surface area contributed by atoms with E-state index >= 15 is 0 Å². The molecule has 0 aliphatic carbocycles. The topological polar surface area (TPSA) is 86.8 Å². The van der Waals surface area contributed by atoms with Gasteiger partial charge in [0.25, 0.3) is 0 Å². The van der Waals surface area contributed by atoms with Gasteiger partial charge in [0.05, 0.1) is 22.0 Å². The van der Waals surface area contributed by atoms with Crippen LogP contribution in [-0.2, 0) is 32.6 Å². The summed E-state index contributed by atoms with van der Waals surface area (Å²) in [6, 6.07) is 19.5. The van der Waals surface area contributed by atoms with Crippen molar-refractivity contribution in [3.8, 4) is 0 Å². The van der Waals surface area contributed by atoms with E-state index in [2.05, 4.69) is 5.32 Å². The molecule has 0 fully saturated rings. The van der Waals surface area contributed by atoms with Gasteiger partial charge < -0.3 is 10.2 Å². The Bertz CT molecular complexity index is 1500. The first kappa shape index (κ1) is 34.4. The highest BCUT2D eigenvalue weighted by Gasteiger charge is 2.31. The van der Waals surface area contributed by atoms with Crippen LogP contribution in [0.4, 0.5) is 5.69 Å². The standard InChI is InChI=1S/C33H41Cl2N3O4S/c1-6-25(4)36-33(40)31(21-26-11-8-7-9-12-26)37(22-27-14-15-29(34)30(35)20-27)32(39)13-10-16-38(43(5,41)42)28-18-23(2)17-24(3)19-28/h7-9,11-12,14-15,17-20,25,31H,6,10,13,16,21-22H2,1-5H3,(H,36,40)/t25-,31+/m0/s1. The summed E-state index contributed by atoms with van der Waals surface area (Å²) in [6.07, 6.45) is 2.53. The van der Waals surface area contributed by atoms with Gasteiger partial charge in [-0.2, -0.15) is 0 Å². The molecule has 0 unspecified atom stereocenters. The van der Waals surface area contributed by atoms with Crippen molar-refractivity contribution in [1.29, 1.82) is 0 Å². The SMILES string of the molecule is CC[C@H](C)NC(=O)[C@@H](Cc1ccccc1)N(Cc1ccc(Cl)c(Cl)c1)C(=O)CCCN(c1cc(C)cc(C)c1)S(C)(=O)=O. The number of benzene rings is 3. The molecule has 0 radical (unpaired) electrons. The van der Waals surface area contributed by atoms with Crippen LogP contribution in [0.3, 0.4) is 0 Å². The maximum absolute atomic E-state index is 14.0. The van der Waals surface area contributed by atoms with E-state index in [1.54, 1.807) is 23.1 Å². The molecular weight excluding hydrogens is 605 g/mol. The number of nitrogens with one attached hydrogen (secondary N) is 1. The highest BCUT2D eigenvalue weighted by Crippen LogP contribution is 2.26. The van der Waals surface area contributed by atoms with Crippen LogP contribution in [0.15, 0.2) is 66.7 Å². The van der Waals surface area contributed by atoms with Gasteiger partial charge >= 0.3 is 0 Å². The van der Waals surface area contributed by atoms with Gasteiger partial charge in [-0.15, -0.1) is 0 Å². The molecule has 0 aliphatic heterocycles. The molecule has 2 atom stereocenters. The largest absolute Gasteiger partial charge is 0.352 e. The maximum Gasteiger partial charge on any atom is 0.243 e. The van der Waals surface area contributed by atoms with E-state index in [9.17, 15) is 18.0 Å². The Balaban J connectivity index is 1.93. The zero-order valence-corrected chi connectivity index (χ0v) is 27.8. The zero-order valence-electron chi connectivity index (χ0n) is 25.4. The number of carbonyl (C=O) groups is 2. The summed E-state index contributed by atoms with van der Waals surface area (Å²) in [5.41, 5.74) is 4.10. The lowest BCUT2D eigenvalue weighted by Crippen LogP contribution is -2.52. The fourth-order valence-electron chi connectivity index (χ4n) is 4.93. The molecular formula is C33H41Cl2N3O4S. The number of hydrogen-bond acceptors (Lipinski definition) is 4. The van der Waals surface area contributed by atoms with Gasteiger partial charge in [0.1, 0.15) is 6.04 Å². The molecule has 232 valence electrons. The van der Waals surface area contributed by atoms with Crippen LogP contribution in [0.2, 0.25) is 10.0 Å². The monoisotopic (exact) mass is 645 g/mol. The molecule has 0 aromatic heterocycles. The van der Waals surface area contributed by atoms with Crippen molar-refractivity contribution in [3.05, 3.63) is 99.0 Å². The molecule has 3 aromatic carbocycles. The van der Waals surface area contributed by atoms with Crippen molar-refractivity contribution in [2.45, 2.75) is 72.0 Å². The lowest BCUT2D eigenvalue weighted by atomic mass is 10.0. The first-order valence-corrected chi connectivity index (χ1v) is 17.0. The van der Waals surface area contributed by atoms with Gasteiger partial charge in [-0.25, -0.2) is 8.42 Å². The number of rotatable bonds is 14. The van der Waals surface area contributed by atoms with Gasteiger partial charge in [0.15, 0.2) is 0 Å². The van der Waals surface area contributed by atoms with E-state index in [1.165, 1.54) is 4.31 Å². The Hall–Kier alpha value is -3.07. The van der Waals surface area contributed by atoms with Crippen molar-refractivity contribution < 1.29 is 18.0 Å². The van der Waals surface area contributed by atoms with Gasteiger partial charge in [0, 0.05) is 32.0 Å². The molecule has 0 saturated carbocycles. The highest BCUT2D eigenvalue weighted by molar-refractivity contribution is 7.92. The van der Waals surface area contributed by atoms with Crippen molar-refractivity contribution in [3.63, 3.8) is 0 Å². The van der Waals surface area contributed by atoms with Gasteiger partial charge in [-0.1, -0.05) is 72.6 Å². The van der Waals surface area contributed by atoms with Crippen LogP contribution in [0, 0.1) is 13.8 Å². The summed E-state index contributed by atoms with van der Waals surface area (Å²) in [5.74, 6) is -0.514. The predicted molar refractivity (Wildman–Crippen MR) is 176 cm³/mol. The van der Waals surface area contributed by atoms with Crippen LogP contribution in [0.5, 0.6) is 0 Å². The van der Waals surface area contributed by atoms with Gasteiger partial charge in [0.2, 0.25) is 21.8 Å². The minimum atomic E-state index is -3.60. The van der Waals surface area contributed by atoms with Crippen LogP contribution in [-0.4, -0.2) is 50.0 Å². The van der Waals surface area contributed by atoms with Crippen LogP contribution in [0.1, 0.15) is 55.4 Å². The molecule has 2 amide bonds. The summed E-state index contributed by atoms with van der Waals surface area (Å²) < 4.78 is 26.8. The number of hydrogen-bond donors (Lipinski definition) is 1. The second-order valence-electron chi connectivity index (χ2n) is 11.1. The Morgan fingerprint density at radius 1 is 0.907 bits per heavy atom. The fourth-order valence-corrected chi connectivity index (χ4v) is 6.20. The third-order valence-corrected chi connectivity index (χ3v) is 9.19. The molecule has 0 heterocycles. The maximum atomic E-state index is 14.0. The molecule has 3 aromatic rings. The molecule has 0 bridgehead atoms. The number of halogens is 2. The quantitative estimate of drug-likeness (QED) is 0.211. The minimum absolute atomic E-state index is 0.0417. The summed E-state index contributed by atoms with van der Waals surface area (Å²) in [4.78, 5) is 29.3. The number of carbonyl (C=O) groups excluding carboxylic acids is 2. The van der Waals surface area contributed by atoms with Crippen LogP contribution < -0.4 is 9.62 Å². The van der Waals surface area contributed by atoms with E-state index in [0.717, 1.165) is 34.9 Å². The number of amides is 2. The second kappa shape index (κ2) is 15.6. The first-order valence-electron chi connectivity index (χ1n) is 14.4. The molecule has 1 N–H and O–H groups in total. The zero-order chi connectivity index (χ0) is 31.7. The smallest absolute Gasteiger partial charge is 0.243 e. The molecule has 0 aliphatic rings. The molecule has 10 heteroatoms. The number of aryl methyl sites for hydroxylation is 2. The van der Waals surface area contributed by atoms with Crippen molar-refractivity contribution in [2.24, 2.45) is 0 Å². The Morgan fingerprint density at radius 2 is 1.56 bits per heavy atom. The second-order valence-corrected chi connectivity index (χ2v) is 13.8. The molecule has 43 heavy (non-hydrogen) atoms. The fraction of sp³-hybridized carbons (Fsp3) is 0.394. The molecule has 3 rings (SSSR count). The van der Waals surface area contributed by atoms with E-state index < -0.39 is 16.1 Å². The summed E-state index contributed by atoms with van der Waals surface area (Å²) in [6.45, 7) is 8.00. The lowest BCUT2D eigenvalue weighted by molar-refractivity contribution is -0.141. The Labute approximate surface area is 266 Å². The summed E-state index contributed by atoms with van der Waals surface area (Å²) >= 11 is 12.4. The van der Waals surface area contributed by atoms with Gasteiger partial charge in [-0.05, 0) is 80.1 Å². The number of anilines is 1. The van der Waals surface area contributed by atoms with E-state index in [1.807, 2.05) is 76.2 Å². The van der Waals surface area contributed by atoms with E-state index in [-0.39, 0.29) is 43.8 Å². The minimum Gasteiger partial charge on any atom is -0.352 e. The summed E-state index contributed by atoms with van der Waals surface area (Å²) in [5, 5.41) is 3.80. The van der Waals surface area contributed by atoms with Crippen molar-refractivity contribution in [1.82, 2.24) is 10.2 Å². The Morgan fingerprint density at radius 3 is 2.14 bits per heavy atom. The van der Waals surface area contributed by atoms with Crippen molar-refractivity contribution >= 4 is 50.7 Å². The third-order valence-electron chi connectivity index (χ3n) is 7.26. The van der Waals surface area contributed by atoms with Crippen molar-refractivity contribution in [2.75, 3.05) is 17.1 Å². The highest BCUT2D eigenvalue weighted by atomic mass is 35.5.